The molecule has 1 spiro atoms. The number of ether oxygens (including phenoxy) is 1. The van der Waals surface area contributed by atoms with Crippen molar-refractivity contribution in [2.45, 2.75) is 31.0 Å². The molecule has 4 rings (SSSR count). The maximum Gasteiger partial charge on any atom is 0.416 e. The van der Waals surface area contributed by atoms with E-state index in [9.17, 15) is 18.0 Å². The fraction of sp³-hybridized carbons (Fsp3) is 0.444. The second-order valence-electron chi connectivity index (χ2n) is 6.86. The van der Waals surface area contributed by atoms with Gasteiger partial charge in [0.1, 0.15) is 0 Å². The molecule has 0 radical (unpaired) electrons. The first-order valence-corrected chi connectivity index (χ1v) is 9.45. The minimum atomic E-state index is -4.33. The molecule has 2 amide bonds. The predicted molar refractivity (Wildman–Crippen MR) is 94.9 cm³/mol. The Labute approximate surface area is 158 Å². The summed E-state index contributed by atoms with van der Waals surface area (Å²) >= 11 is 1.33. The number of aromatic nitrogens is 1. The number of alkyl halides is 3. The predicted octanol–water partition coefficient (Wildman–Crippen LogP) is 4.15. The highest BCUT2D eigenvalue weighted by atomic mass is 32.1. The standard InChI is InChI=1S/C18H18F3N3O2S/c19-18(20,21)13-3-1-12(2-4-13)9-14-10-22-15(27-14)23-16(25)24-7-5-17(24)6-8-26-11-17/h1-4,10H,5-9,11H2,(H,22,23,25). The fourth-order valence-electron chi connectivity index (χ4n) is 3.48. The van der Waals surface area contributed by atoms with E-state index < -0.39 is 11.7 Å². The summed E-state index contributed by atoms with van der Waals surface area (Å²) < 4.78 is 43.3. The summed E-state index contributed by atoms with van der Waals surface area (Å²) in [6.07, 6.45) is -0.413. The van der Waals surface area contributed by atoms with Gasteiger partial charge < -0.3 is 9.64 Å². The molecule has 1 atom stereocenters. The second-order valence-corrected chi connectivity index (χ2v) is 7.98. The first kappa shape index (κ1) is 18.2. The van der Waals surface area contributed by atoms with E-state index in [2.05, 4.69) is 10.3 Å². The molecule has 144 valence electrons. The normalized spacial score (nSPS) is 22.1. The second kappa shape index (κ2) is 6.79. The van der Waals surface area contributed by atoms with E-state index in [4.69, 9.17) is 4.74 Å². The van der Waals surface area contributed by atoms with Crippen molar-refractivity contribution in [3.8, 4) is 0 Å². The van der Waals surface area contributed by atoms with Gasteiger partial charge in [0.25, 0.3) is 0 Å². The van der Waals surface area contributed by atoms with Crippen molar-refractivity contribution in [3.63, 3.8) is 0 Å². The summed E-state index contributed by atoms with van der Waals surface area (Å²) in [5, 5.41) is 3.31. The quantitative estimate of drug-likeness (QED) is 0.847. The number of carbonyl (C=O) groups excluding carboxylic acids is 1. The van der Waals surface area contributed by atoms with Crippen molar-refractivity contribution in [1.29, 1.82) is 0 Å². The molecule has 2 saturated heterocycles. The van der Waals surface area contributed by atoms with Gasteiger partial charge in [0.05, 0.1) is 17.7 Å². The molecule has 2 aliphatic rings. The van der Waals surface area contributed by atoms with Crippen LogP contribution in [0.2, 0.25) is 0 Å². The van der Waals surface area contributed by atoms with Gasteiger partial charge in [0, 0.05) is 30.6 Å². The third kappa shape index (κ3) is 3.66. The molecule has 5 nitrogen and oxygen atoms in total. The molecule has 2 aliphatic heterocycles. The smallest absolute Gasteiger partial charge is 0.379 e. The van der Waals surface area contributed by atoms with Crippen molar-refractivity contribution in [2.24, 2.45) is 0 Å². The highest BCUT2D eigenvalue weighted by Crippen LogP contribution is 2.38. The molecule has 1 N–H and O–H groups in total. The van der Waals surface area contributed by atoms with Crippen LogP contribution in [0, 0.1) is 0 Å². The molecule has 9 heteroatoms. The molecular weight excluding hydrogens is 379 g/mol. The SMILES string of the molecule is O=C(Nc1ncc(Cc2ccc(C(F)(F)F)cc2)s1)N1CCC12CCOC2. The number of halogens is 3. The molecule has 1 unspecified atom stereocenters. The Morgan fingerprint density at radius 2 is 2.07 bits per heavy atom. The van der Waals surface area contributed by atoms with Gasteiger partial charge in [0.15, 0.2) is 5.13 Å². The molecule has 2 fully saturated rings. The Kier molecular flexibility index (Phi) is 4.59. The number of nitrogens with zero attached hydrogens (tertiary/aromatic N) is 2. The average molecular weight is 397 g/mol. The maximum atomic E-state index is 12.6. The van der Waals surface area contributed by atoms with Crippen LogP contribution in [0.25, 0.3) is 0 Å². The fourth-order valence-corrected chi connectivity index (χ4v) is 4.32. The Hall–Kier alpha value is -2.13. The number of amides is 2. The summed E-state index contributed by atoms with van der Waals surface area (Å²) in [5.74, 6) is 0. The van der Waals surface area contributed by atoms with Gasteiger partial charge in [-0.05, 0) is 30.5 Å². The van der Waals surface area contributed by atoms with Crippen molar-refractivity contribution < 1.29 is 22.7 Å². The molecule has 3 heterocycles. The zero-order chi connectivity index (χ0) is 19.1. The van der Waals surface area contributed by atoms with E-state index in [0.29, 0.717) is 31.3 Å². The number of anilines is 1. The molecule has 0 bridgehead atoms. The lowest BCUT2D eigenvalue weighted by atomic mass is 9.84. The Morgan fingerprint density at radius 1 is 1.30 bits per heavy atom. The van der Waals surface area contributed by atoms with Crippen LogP contribution in [-0.2, 0) is 17.3 Å². The third-order valence-corrected chi connectivity index (χ3v) is 6.04. The first-order valence-electron chi connectivity index (χ1n) is 8.63. The lowest BCUT2D eigenvalue weighted by Gasteiger charge is -2.49. The third-order valence-electron chi connectivity index (χ3n) is 5.13. The first-order chi connectivity index (χ1) is 12.9. The molecule has 0 aliphatic carbocycles. The Bertz CT molecular complexity index is 829. The van der Waals surface area contributed by atoms with E-state index in [1.165, 1.54) is 23.5 Å². The summed E-state index contributed by atoms with van der Waals surface area (Å²) in [6.45, 7) is 1.97. The van der Waals surface area contributed by atoms with Gasteiger partial charge in [-0.3, -0.25) is 5.32 Å². The van der Waals surface area contributed by atoms with Crippen LogP contribution in [0.5, 0.6) is 0 Å². The van der Waals surface area contributed by atoms with Gasteiger partial charge in [0.2, 0.25) is 0 Å². The topological polar surface area (TPSA) is 54.5 Å². The number of urea groups is 1. The minimum absolute atomic E-state index is 0.162. The van der Waals surface area contributed by atoms with Crippen LogP contribution in [0.1, 0.15) is 28.8 Å². The van der Waals surface area contributed by atoms with Crippen molar-refractivity contribution in [2.75, 3.05) is 25.1 Å². The van der Waals surface area contributed by atoms with Crippen LogP contribution in [0.3, 0.4) is 0 Å². The van der Waals surface area contributed by atoms with E-state index >= 15 is 0 Å². The number of likely N-dealkylation sites (tertiary alicyclic amines) is 1. The number of hydrogen-bond acceptors (Lipinski definition) is 4. The van der Waals surface area contributed by atoms with E-state index in [1.54, 1.807) is 11.1 Å². The van der Waals surface area contributed by atoms with Gasteiger partial charge >= 0.3 is 12.2 Å². The monoisotopic (exact) mass is 397 g/mol. The van der Waals surface area contributed by atoms with Crippen LogP contribution < -0.4 is 5.32 Å². The molecule has 1 aromatic heterocycles. The number of nitrogens with one attached hydrogen (secondary N) is 1. The summed E-state index contributed by atoms with van der Waals surface area (Å²) in [6, 6.07) is 4.90. The summed E-state index contributed by atoms with van der Waals surface area (Å²) in [5.41, 5.74) is -0.0677. The lowest BCUT2D eigenvalue weighted by Crippen LogP contribution is -2.63. The summed E-state index contributed by atoms with van der Waals surface area (Å²) in [7, 11) is 0. The highest BCUT2D eigenvalue weighted by Gasteiger charge is 2.50. The van der Waals surface area contributed by atoms with Crippen molar-refractivity contribution in [1.82, 2.24) is 9.88 Å². The van der Waals surface area contributed by atoms with Gasteiger partial charge in [-0.1, -0.05) is 12.1 Å². The van der Waals surface area contributed by atoms with Gasteiger partial charge in [-0.2, -0.15) is 13.2 Å². The largest absolute Gasteiger partial charge is 0.416 e. The number of thiazole rings is 1. The number of carbonyl (C=O) groups is 1. The van der Waals surface area contributed by atoms with Crippen LogP contribution in [-0.4, -0.2) is 41.2 Å². The molecule has 2 aromatic rings. The zero-order valence-corrected chi connectivity index (χ0v) is 15.2. The van der Waals surface area contributed by atoms with Gasteiger partial charge in [-0.25, -0.2) is 9.78 Å². The average Bonchev–Trinajstić information content (AvgIpc) is 3.24. The van der Waals surface area contributed by atoms with Crippen molar-refractivity contribution in [3.05, 3.63) is 46.5 Å². The van der Waals surface area contributed by atoms with Crippen molar-refractivity contribution >= 4 is 22.5 Å². The van der Waals surface area contributed by atoms with Crippen LogP contribution in [0.4, 0.5) is 23.1 Å². The van der Waals surface area contributed by atoms with Crippen LogP contribution >= 0.6 is 11.3 Å². The van der Waals surface area contributed by atoms with Crippen LogP contribution in [0.15, 0.2) is 30.5 Å². The Balaban J connectivity index is 1.37. The lowest BCUT2D eigenvalue weighted by molar-refractivity contribution is -0.137. The molecular formula is C18H18F3N3O2S. The number of benzene rings is 1. The minimum Gasteiger partial charge on any atom is -0.379 e. The molecule has 1 aromatic carbocycles. The number of rotatable bonds is 3. The highest BCUT2D eigenvalue weighted by molar-refractivity contribution is 7.15. The summed E-state index contributed by atoms with van der Waals surface area (Å²) in [4.78, 5) is 19.4. The maximum absolute atomic E-state index is 12.6. The number of hydrogen-bond donors (Lipinski definition) is 1. The van der Waals surface area contributed by atoms with E-state index in [0.717, 1.165) is 35.4 Å². The van der Waals surface area contributed by atoms with Gasteiger partial charge in [-0.15, -0.1) is 11.3 Å². The zero-order valence-electron chi connectivity index (χ0n) is 14.4. The molecule has 27 heavy (non-hydrogen) atoms. The van der Waals surface area contributed by atoms with E-state index in [1.807, 2.05) is 0 Å². The van der Waals surface area contributed by atoms with E-state index in [-0.39, 0.29) is 11.6 Å². The molecule has 0 saturated carbocycles. The Morgan fingerprint density at radius 3 is 2.67 bits per heavy atom.